The van der Waals surface area contributed by atoms with E-state index in [-0.39, 0.29) is 10.5 Å². The molecule has 0 amide bonds. The van der Waals surface area contributed by atoms with Gasteiger partial charge in [-0.15, -0.1) is 0 Å². The predicted octanol–water partition coefficient (Wildman–Crippen LogP) is 1.61. The monoisotopic (exact) mass is 354 g/mol. The van der Waals surface area contributed by atoms with Crippen LogP contribution in [-0.4, -0.2) is 14.4 Å². The van der Waals surface area contributed by atoms with Crippen LogP contribution in [0.15, 0.2) is 57.9 Å². The van der Waals surface area contributed by atoms with Crippen molar-refractivity contribution in [3.8, 4) is 0 Å². The zero-order chi connectivity index (χ0) is 14.8. The number of carboxylic acid groups (broad SMARTS) is 1. The second-order valence-electron chi connectivity index (χ2n) is 3.93. The van der Waals surface area contributed by atoms with E-state index in [2.05, 4.69) is 20.7 Å². The molecule has 0 saturated heterocycles. The van der Waals surface area contributed by atoms with E-state index in [0.29, 0.717) is 5.69 Å². The molecule has 0 aliphatic rings. The summed E-state index contributed by atoms with van der Waals surface area (Å²) in [7, 11) is -3.84. The van der Waals surface area contributed by atoms with Gasteiger partial charge in [-0.05, 0) is 42.0 Å². The Labute approximate surface area is 124 Å². The van der Waals surface area contributed by atoms with Gasteiger partial charge in [-0.3, -0.25) is 4.72 Å². The predicted molar refractivity (Wildman–Crippen MR) is 75.7 cm³/mol. The Balaban J connectivity index is 2.33. The maximum Gasteiger partial charge on any atom is 0.261 e. The molecule has 0 aliphatic carbocycles. The smallest absolute Gasteiger partial charge is 0.261 e. The number of benzene rings is 2. The topological polar surface area (TPSA) is 86.3 Å². The molecular formula is C13H9BrNO4S-. The molecule has 2 aromatic rings. The summed E-state index contributed by atoms with van der Waals surface area (Å²) in [6.45, 7) is 0. The van der Waals surface area contributed by atoms with E-state index in [1.165, 1.54) is 18.2 Å². The second kappa shape index (κ2) is 5.64. The third-order valence-electron chi connectivity index (χ3n) is 2.48. The lowest BCUT2D eigenvalue weighted by Crippen LogP contribution is -2.23. The SMILES string of the molecule is O=C([O-])c1cccc(S(=O)(=O)Nc2ccc(Br)cc2)c1. The number of aromatic carboxylic acids is 1. The van der Waals surface area contributed by atoms with E-state index >= 15 is 0 Å². The van der Waals surface area contributed by atoms with Gasteiger partial charge >= 0.3 is 0 Å². The molecule has 0 radical (unpaired) electrons. The van der Waals surface area contributed by atoms with Gasteiger partial charge in [0.1, 0.15) is 0 Å². The molecule has 0 aromatic heterocycles. The zero-order valence-corrected chi connectivity index (χ0v) is 12.4. The third kappa shape index (κ3) is 3.37. The van der Waals surface area contributed by atoms with Gasteiger partial charge < -0.3 is 9.90 Å². The Kier molecular flexibility index (Phi) is 4.10. The molecule has 0 heterocycles. The molecule has 0 atom stereocenters. The van der Waals surface area contributed by atoms with Crippen LogP contribution in [0.5, 0.6) is 0 Å². The van der Waals surface area contributed by atoms with E-state index < -0.39 is 16.0 Å². The fourth-order valence-electron chi connectivity index (χ4n) is 1.52. The van der Waals surface area contributed by atoms with Crippen LogP contribution in [0.3, 0.4) is 0 Å². The Morgan fingerprint density at radius 1 is 1.10 bits per heavy atom. The number of hydrogen-bond acceptors (Lipinski definition) is 4. The summed E-state index contributed by atoms with van der Waals surface area (Å²) in [6, 6.07) is 11.5. The molecule has 2 aromatic carbocycles. The van der Waals surface area contributed by atoms with Crippen molar-refractivity contribution >= 4 is 37.6 Å². The van der Waals surface area contributed by atoms with E-state index in [4.69, 9.17) is 0 Å². The van der Waals surface area contributed by atoms with Crippen molar-refractivity contribution in [3.05, 3.63) is 58.6 Å². The molecule has 2 rings (SSSR count). The third-order valence-corrected chi connectivity index (χ3v) is 4.38. The highest BCUT2D eigenvalue weighted by molar-refractivity contribution is 9.10. The number of nitrogens with one attached hydrogen (secondary N) is 1. The minimum atomic E-state index is -3.84. The van der Waals surface area contributed by atoms with Crippen molar-refractivity contribution < 1.29 is 18.3 Å². The van der Waals surface area contributed by atoms with Crippen LogP contribution in [0.2, 0.25) is 0 Å². The number of hydrogen-bond donors (Lipinski definition) is 1. The second-order valence-corrected chi connectivity index (χ2v) is 6.53. The van der Waals surface area contributed by atoms with Gasteiger partial charge in [0, 0.05) is 10.2 Å². The number of carboxylic acids is 1. The van der Waals surface area contributed by atoms with Crippen LogP contribution in [-0.2, 0) is 10.0 Å². The molecule has 0 aliphatic heterocycles. The molecule has 0 saturated carbocycles. The summed E-state index contributed by atoms with van der Waals surface area (Å²) in [4.78, 5) is 10.6. The molecule has 20 heavy (non-hydrogen) atoms. The minimum absolute atomic E-state index is 0.137. The van der Waals surface area contributed by atoms with Gasteiger partial charge in [-0.1, -0.05) is 28.1 Å². The minimum Gasteiger partial charge on any atom is -0.545 e. The number of rotatable bonds is 4. The molecule has 0 fully saturated rings. The van der Waals surface area contributed by atoms with Crippen LogP contribution in [0.25, 0.3) is 0 Å². The lowest BCUT2D eigenvalue weighted by atomic mass is 10.2. The Morgan fingerprint density at radius 2 is 1.75 bits per heavy atom. The summed E-state index contributed by atoms with van der Waals surface area (Å²) < 4.78 is 27.4. The van der Waals surface area contributed by atoms with Gasteiger partial charge in [0.2, 0.25) is 0 Å². The summed E-state index contributed by atoms with van der Waals surface area (Å²) in [5, 5.41) is 10.7. The maximum absolute atomic E-state index is 12.1. The highest BCUT2D eigenvalue weighted by Gasteiger charge is 2.14. The quantitative estimate of drug-likeness (QED) is 0.903. The number of carbonyl (C=O) groups excluding carboxylic acids is 1. The maximum atomic E-state index is 12.1. The fourth-order valence-corrected chi connectivity index (χ4v) is 2.89. The summed E-state index contributed by atoms with van der Waals surface area (Å²) in [5.41, 5.74) is 0.190. The van der Waals surface area contributed by atoms with Crippen molar-refractivity contribution in [2.75, 3.05) is 4.72 Å². The van der Waals surface area contributed by atoms with Crippen molar-refractivity contribution in [1.82, 2.24) is 0 Å². The molecule has 0 spiro atoms. The van der Waals surface area contributed by atoms with Gasteiger partial charge in [0.25, 0.3) is 10.0 Å². The van der Waals surface area contributed by atoms with Crippen molar-refractivity contribution in [2.24, 2.45) is 0 Å². The van der Waals surface area contributed by atoms with Crippen LogP contribution in [0.1, 0.15) is 10.4 Å². The molecule has 0 unspecified atom stereocenters. The molecule has 7 heteroatoms. The molecular weight excluding hydrogens is 346 g/mol. The first-order valence-electron chi connectivity index (χ1n) is 5.48. The Hall–Kier alpha value is -1.86. The van der Waals surface area contributed by atoms with Gasteiger partial charge in [0.15, 0.2) is 0 Å². The van der Waals surface area contributed by atoms with Crippen LogP contribution >= 0.6 is 15.9 Å². The van der Waals surface area contributed by atoms with Crippen LogP contribution in [0.4, 0.5) is 5.69 Å². The van der Waals surface area contributed by atoms with Gasteiger partial charge in [-0.2, -0.15) is 0 Å². The zero-order valence-electron chi connectivity index (χ0n) is 10.0. The average Bonchev–Trinajstić information content (AvgIpc) is 2.41. The number of halogens is 1. The van der Waals surface area contributed by atoms with Gasteiger partial charge in [-0.25, -0.2) is 8.42 Å². The number of carbonyl (C=O) groups is 1. The first kappa shape index (κ1) is 14.5. The molecule has 1 N–H and O–H groups in total. The summed E-state index contributed by atoms with van der Waals surface area (Å²) in [5.74, 6) is -1.43. The van der Waals surface area contributed by atoms with E-state index in [1.807, 2.05) is 0 Å². The van der Waals surface area contributed by atoms with E-state index in [9.17, 15) is 18.3 Å². The van der Waals surface area contributed by atoms with Crippen LogP contribution < -0.4 is 9.83 Å². The highest BCUT2D eigenvalue weighted by Crippen LogP contribution is 2.19. The molecule has 5 nitrogen and oxygen atoms in total. The first-order valence-corrected chi connectivity index (χ1v) is 7.76. The largest absolute Gasteiger partial charge is 0.545 e. The van der Waals surface area contributed by atoms with Crippen molar-refractivity contribution in [1.29, 1.82) is 0 Å². The normalized spacial score (nSPS) is 11.1. The molecule has 104 valence electrons. The highest BCUT2D eigenvalue weighted by atomic mass is 79.9. The van der Waals surface area contributed by atoms with Crippen LogP contribution in [0, 0.1) is 0 Å². The van der Waals surface area contributed by atoms with E-state index in [0.717, 1.165) is 10.5 Å². The average molecular weight is 355 g/mol. The Morgan fingerprint density at radius 3 is 2.35 bits per heavy atom. The Bertz CT molecular complexity index is 741. The first-order chi connectivity index (χ1) is 9.38. The fraction of sp³-hybridized carbons (Fsp3) is 0. The summed E-state index contributed by atoms with van der Waals surface area (Å²) >= 11 is 3.25. The molecule has 0 bridgehead atoms. The summed E-state index contributed by atoms with van der Waals surface area (Å²) in [6.07, 6.45) is 0. The number of sulfonamides is 1. The van der Waals surface area contributed by atoms with Crippen molar-refractivity contribution in [2.45, 2.75) is 4.90 Å². The standard InChI is InChI=1S/C13H10BrNO4S/c14-10-4-6-11(7-5-10)15-20(18,19)12-3-1-2-9(8-12)13(16)17/h1-8,15H,(H,16,17)/p-1. The lowest BCUT2D eigenvalue weighted by molar-refractivity contribution is -0.255. The van der Waals surface area contributed by atoms with Gasteiger partial charge in [0.05, 0.1) is 10.9 Å². The lowest BCUT2D eigenvalue weighted by Gasteiger charge is -2.10. The van der Waals surface area contributed by atoms with E-state index in [1.54, 1.807) is 24.3 Å². The number of anilines is 1. The van der Waals surface area contributed by atoms with Crippen molar-refractivity contribution in [3.63, 3.8) is 0 Å².